The molecule has 0 aliphatic heterocycles. The van der Waals surface area contributed by atoms with Gasteiger partial charge in [-0.15, -0.1) is 0 Å². The largest absolute Gasteiger partial charge is 0.493 e. The highest BCUT2D eigenvalue weighted by molar-refractivity contribution is 5.84. The van der Waals surface area contributed by atoms with Crippen LogP contribution < -0.4 is 24.4 Å². The zero-order valence-electron chi connectivity index (χ0n) is 18.3. The maximum atomic E-state index is 12.3. The van der Waals surface area contributed by atoms with E-state index >= 15 is 0 Å². The summed E-state index contributed by atoms with van der Waals surface area (Å²) in [6.07, 6.45) is 0.791. The Kier molecular flexibility index (Phi) is 8.09. The van der Waals surface area contributed by atoms with E-state index in [-0.39, 0.29) is 5.91 Å². The molecule has 1 unspecified atom stereocenters. The third kappa shape index (κ3) is 6.50. The summed E-state index contributed by atoms with van der Waals surface area (Å²) in [5.74, 6) is 2.11. The van der Waals surface area contributed by atoms with Crippen molar-refractivity contribution in [1.82, 2.24) is 5.43 Å². The monoisotopic (exact) mass is 434 g/mol. The van der Waals surface area contributed by atoms with Crippen LogP contribution in [0.3, 0.4) is 0 Å². The maximum absolute atomic E-state index is 12.3. The van der Waals surface area contributed by atoms with Crippen LogP contribution in [0.4, 0.5) is 0 Å². The van der Waals surface area contributed by atoms with Crippen molar-refractivity contribution in [2.75, 3.05) is 14.2 Å². The van der Waals surface area contributed by atoms with Crippen molar-refractivity contribution in [2.45, 2.75) is 19.6 Å². The number of methoxy groups -OCH3 is 2. The summed E-state index contributed by atoms with van der Waals surface area (Å²) in [6, 6.07) is 22.4. The number of hydrogen-bond donors (Lipinski definition) is 1. The number of ether oxygens (including phenoxy) is 4. The molecule has 0 aromatic heterocycles. The number of benzene rings is 3. The lowest BCUT2D eigenvalue weighted by Gasteiger charge is -2.13. The van der Waals surface area contributed by atoms with Crippen molar-refractivity contribution in [3.63, 3.8) is 0 Å². The van der Waals surface area contributed by atoms with E-state index in [0.29, 0.717) is 23.9 Å². The molecule has 1 amide bonds. The smallest absolute Gasteiger partial charge is 0.280 e. The summed E-state index contributed by atoms with van der Waals surface area (Å²) in [5, 5.41) is 3.98. The van der Waals surface area contributed by atoms with E-state index in [1.165, 1.54) is 6.21 Å². The highest BCUT2D eigenvalue weighted by atomic mass is 16.5. The van der Waals surface area contributed by atoms with E-state index in [1.54, 1.807) is 63.6 Å². The minimum atomic E-state index is -0.728. The molecular formula is C25H26N2O5. The maximum Gasteiger partial charge on any atom is 0.280 e. The van der Waals surface area contributed by atoms with Gasteiger partial charge in [0, 0.05) is 0 Å². The van der Waals surface area contributed by atoms with Gasteiger partial charge in [0.05, 0.1) is 20.4 Å². The van der Waals surface area contributed by atoms with E-state index in [4.69, 9.17) is 18.9 Å². The first kappa shape index (κ1) is 22.7. The molecule has 3 aromatic carbocycles. The fourth-order valence-corrected chi connectivity index (χ4v) is 2.81. The minimum Gasteiger partial charge on any atom is -0.493 e. The molecule has 166 valence electrons. The molecule has 1 atom stereocenters. The highest BCUT2D eigenvalue weighted by Crippen LogP contribution is 2.26. The van der Waals surface area contributed by atoms with E-state index in [0.717, 1.165) is 16.9 Å². The first-order valence-corrected chi connectivity index (χ1v) is 10.1. The Bertz CT molecular complexity index is 1040. The van der Waals surface area contributed by atoms with E-state index in [9.17, 15) is 4.79 Å². The SMILES string of the molecule is COc1ccc(C=NNC(=O)C(C)Oc2ccc(OCc3ccccc3)cc2)cc1OC. The first-order chi connectivity index (χ1) is 15.6. The fourth-order valence-electron chi connectivity index (χ4n) is 2.81. The summed E-state index contributed by atoms with van der Waals surface area (Å²) in [7, 11) is 3.13. The summed E-state index contributed by atoms with van der Waals surface area (Å²) >= 11 is 0. The van der Waals surface area contributed by atoms with Crippen LogP contribution >= 0.6 is 0 Å². The molecule has 0 heterocycles. The van der Waals surface area contributed by atoms with E-state index in [2.05, 4.69) is 10.5 Å². The van der Waals surface area contributed by atoms with Gasteiger partial charge in [0.15, 0.2) is 17.6 Å². The molecule has 7 heteroatoms. The fraction of sp³-hybridized carbons (Fsp3) is 0.200. The Labute approximate surface area is 187 Å². The van der Waals surface area contributed by atoms with Crippen LogP contribution in [0.1, 0.15) is 18.1 Å². The van der Waals surface area contributed by atoms with Crippen LogP contribution in [0.2, 0.25) is 0 Å². The molecule has 3 rings (SSSR count). The molecule has 1 N–H and O–H groups in total. The average molecular weight is 434 g/mol. The van der Waals surface area contributed by atoms with Gasteiger partial charge in [-0.05, 0) is 60.5 Å². The quantitative estimate of drug-likeness (QED) is 0.382. The topological polar surface area (TPSA) is 78.4 Å². The second kappa shape index (κ2) is 11.4. The molecule has 32 heavy (non-hydrogen) atoms. The normalized spacial score (nSPS) is 11.6. The van der Waals surface area contributed by atoms with Crippen LogP contribution in [-0.4, -0.2) is 32.4 Å². The predicted octanol–water partition coefficient (Wildman–Crippen LogP) is 4.20. The molecule has 0 radical (unpaired) electrons. The number of amides is 1. The van der Waals surface area contributed by atoms with Gasteiger partial charge in [0.1, 0.15) is 18.1 Å². The molecule has 0 fully saturated rings. The lowest BCUT2D eigenvalue weighted by molar-refractivity contribution is -0.127. The molecule has 0 saturated carbocycles. The molecule has 0 saturated heterocycles. The molecule has 0 bridgehead atoms. The van der Waals surface area contributed by atoms with Crippen molar-refractivity contribution in [1.29, 1.82) is 0 Å². The zero-order chi connectivity index (χ0) is 22.8. The Morgan fingerprint density at radius 1 is 0.938 bits per heavy atom. The third-order valence-corrected chi connectivity index (χ3v) is 4.55. The van der Waals surface area contributed by atoms with Gasteiger partial charge >= 0.3 is 0 Å². The molecule has 0 spiro atoms. The van der Waals surface area contributed by atoms with Crippen LogP contribution in [0.15, 0.2) is 77.9 Å². The van der Waals surface area contributed by atoms with Crippen LogP contribution in [0.25, 0.3) is 0 Å². The number of carbonyl (C=O) groups is 1. The molecule has 7 nitrogen and oxygen atoms in total. The van der Waals surface area contributed by atoms with Crippen molar-refractivity contribution in [2.24, 2.45) is 5.10 Å². The number of nitrogens with zero attached hydrogens (tertiary/aromatic N) is 1. The van der Waals surface area contributed by atoms with E-state index < -0.39 is 6.10 Å². The van der Waals surface area contributed by atoms with Crippen molar-refractivity contribution < 1.29 is 23.7 Å². The summed E-state index contributed by atoms with van der Waals surface area (Å²) in [5.41, 5.74) is 4.32. The molecule has 3 aromatic rings. The van der Waals surface area contributed by atoms with Gasteiger partial charge in [0.2, 0.25) is 0 Å². The minimum absolute atomic E-state index is 0.369. The van der Waals surface area contributed by atoms with Crippen molar-refractivity contribution >= 4 is 12.1 Å². The lowest BCUT2D eigenvalue weighted by Crippen LogP contribution is -2.33. The average Bonchev–Trinajstić information content (AvgIpc) is 2.84. The number of carbonyl (C=O) groups excluding carboxylic acids is 1. The summed E-state index contributed by atoms with van der Waals surface area (Å²) < 4.78 is 21.9. The predicted molar refractivity (Wildman–Crippen MR) is 123 cm³/mol. The Morgan fingerprint density at radius 3 is 2.31 bits per heavy atom. The van der Waals surface area contributed by atoms with Gasteiger partial charge in [0.25, 0.3) is 5.91 Å². The third-order valence-electron chi connectivity index (χ3n) is 4.55. The standard InChI is InChI=1S/C25H26N2O5/c1-18(25(28)27-26-16-20-9-14-23(29-2)24(15-20)30-3)32-22-12-10-21(11-13-22)31-17-19-7-5-4-6-8-19/h4-16,18H,17H2,1-3H3,(H,27,28). The van der Waals surface area contributed by atoms with E-state index in [1.807, 2.05) is 30.3 Å². The molecule has 0 aliphatic rings. The number of hydrogen-bond acceptors (Lipinski definition) is 6. The van der Waals surface area contributed by atoms with Crippen LogP contribution in [0, 0.1) is 0 Å². The van der Waals surface area contributed by atoms with Crippen LogP contribution in [0.5, 0.6) is 23.0 Å². The number of rotatable bonds is 10. The Hall–Kier alpha value is -4.00. The van der Waals surface area contributed by atoms with Gasteiger partial charge < -0.3 is 18.9 Å². The second-order valence-electron chi connectivity index (χ2n) is 6.85. The van der Waals surface area contributed by atoms with Crippen molar-refractivity contribution in [3.8, 4) is 23.0 Å². The molecular weight excluding hydrogens is 408 g/mol. The number of hydrazone groups is 1. The van der Waals surface area contributed by atoms with Crippen LogP contribution in [-0.2, 0) is 11.4 Å². The lowest BCUT2D eigenvalue weighted by atomic mass is 10.2. The second-order valence-corrected chi connectivity index (χ2v) is 6.85. The Balaban J connectivity index is 1.48. The van der Waals surface area contributed by atoms with Gasteiger partial charge in [-0.3, -0.25) is 4.79 Å². The van der Waals surface area contributed by atoms with Gasteiger partial charge in [-0.2, -0.15) is 5.10 Å². The summed E-state index contributed by atoms with van der Waals surface area (Å²) in [6.45, 7) is 2.14. The Morgan fingerprint density at radius 2 is 1.62 bits per heavy atom. The zero-order valence-corrected chi connectivity index (χ0v) is 18.3. The highest BCUT2D eigenvalue weighted by Gasteiger charge is 2.14. The molecule has 0 aliphatic carbocycles. The van der Waals surface area contributed by atoms with Gasteiger partial charge in [-0.25, -0.2) is 5.43 Å². The first-order valence-electron chi connectivity index (χ1n) is 10.1. The number of nitrogens with one attached hydrogen (secondary N) is 1. The summed E-state index contributed by atoms with van der Waals surface area (Å²) in [4.78, 5) is 12.3. The van der Waals surface area contributed by atoms with Crippen molar-refractivity contribution in [3.05, 3.63) is 83.9 Å². The van der Waals surface area contributed by atoms with Gasteiger partial charge in [-0.1, -0.05) is 30.3 Å².